The number of nitrogens with zero attached hydrogens (tertiary/aromatic N) is 1. The summed E-state index contributed by atoms with van der Waals surface area (Å²) in [7, 11) is -0.351. The quantitative estimate of drug-likeness (QED) is 0.868. The van der Waals surface area contributed by atoms with Crippen molar-refractivity contribution in [1.29, 1.82) is 0 Å². The van der Waals surface area contributed by atoms with Gasteiger partial charge in [-0.15, -0.1) is 0 Å². The molecule has 5 heteroatoms. The second-order valence-corrected chi connectivity index (χ2v) is 6.76. The Morgan fingerprint density at radius 1 is 1.24 bits per heavy atom. The number of pyridine rings is 1. The fourth-order valence-corrected chi connectivity index (χ4v) is 2.27. The van der Waals surface area contributed by atoms with Crippen LogP contribution in [0.5, 0.6) is 0 Å². The van der Waals surface area contributed by atoms with E-state index in [1.807, 2.05) is 59.8 Å². The van der Waals surface area contributed by atoms with Crippen LogP contribution in [0.1, 0.15) is 57.5 Å². The average molecular weight is 288 g/mol. The smallest absolute Gasteiger partial charge is 0.400 e. The zero-order valence-corrected chi connectivity index (χ0v) is 13.8. The van der Waals surface area contributed by atoms with Crippen molar-refractivity contribution in [3.8, 4) is 0 Å². The minimum absolute atomic E-state index is 0.108. The summed E-state index contributed by atoms with van der Waals surface area (Å²) in [5.41, 5.74) is 8.33. The normalized spacial score (nSPS) is 22.0. The lowest BCUT2D eigenvalue weighted by atomic mass is 9.88. The average Bonchev–Trinajstić information content (AvgIpc) is 2.55. The summed E-state index contributed by atoms with van der Waals surface area (Å²) < 4.78 is 11.9. The highest BCUT2D eigenvalue weighted by molar-refractivity contribution is 6.52. The molecule has 2 rings (SSSR count). The molecule has 2 heterocycles. The van der Waals surface area contributed by atoms with Crippen LogP contribution in [0.15, 0.2) is 18.2 Å². The van der Waals surface area contributed by atoms with Crippen LogP contribution < -0.4 is 5.73 Å². The highest BCUT2D eigenvalue weighted by Gasteiger charge is 2.50. The van der Waals surface area contributed by atoms with Crippen molar-refractivity contribution in [2.24, 2.45) is 5.73 Å². The van der Waals surface area contributed by atoms with E-state index >= 15 is 0 Å². The van der Waals surface area contributed by atoms with Gasteiger partial charge in [-0.25, -0.2) is 0 Å². The van der Waals surface area contributed by atoms with Gasteiger partial charge in [-0.2, -0.15) is 0 Å². The van der Waals surface area contributed by atoms with Crippen molar-refractivity contribution in [3.05, 3.63) is 35.1 Å². The van der Waals surface area contributed by atoms with E-state index in [2.05, 4.69) is 11.1 Å². The Hall–Kier alpha value is -1.17. The van der Waals surface area contributed by atoms with Gasteiger partial charge in [-0.1, -0.05) is 12.1 Å². The summed E-state index contributed by atoms with van der Waals surface area (Å²) >= 11 is 0. The van der Waals surface area contributed by atoms with Gasteiger partial charge in [-0.05, 0) is 58.7 Å². The van der Waals surface area contributed by atoms with E-state index in [0.717, 1.165) is 16.8 Å². The van der Waals surface area contributed by atoms with Crippen molar-refractivity contribution in [3.63, 3.8) is 0 Å². The van der Waals surface area contributed by atoms with Gasteiger partial charge in [0, 0.05) is 12.2 Å². The van der Waals surface area contributed by atoms with Crippen LogP contribution in [-0.4, -0.2) is 23.3 Å². The van der Waals surface area contributed by atoms with Gasteiger partial charge in [0.25, 0.3) is 0 Å². The Balaban J connectivity index is 2.22. The third-order valence-corrected chi connectivity index (χ3v) is 4.22. The van der Waals surface area contributed by atoms with E-state index < -0.39 is 0 Å². The van der Waals surface area contributed by atoms with Gasteiger partial charge in [0.1, 0.15) is 0 Å². The van der Waals surface area contributed by atoms with Crippen LogP contribution in [0.4, 0.5) is 0 Å². The topological polar surface area (TPSA) is 57.4 Å². The minimum Gasteiger partial charge on any atom is -0.400 e. The number of nitrogens with two attached hydrogens (primary N) is 1. The molecule has 1 aromatic heterocycles. The molecular weight excluding hydrogens is 263 g/mol. The summed E-state index contributed by atoms with van der Waals surface area (Å²) in [6, 6.07) is 1.97. The zero-order valence-electron chi connectivity index (χ0n) is 13.8. The number of rotatable bonds is 3. The summed E-state index contributed by atoms with van der Waals surface area (Å²) in [5, 5.41) is 0. The molecule has 0 saturated carbocycles. The van der Waals surface area contributed by atoms with Gasteiger partial charge in [-0.3, -0.25) is 4.98 Å². The van der Waals surface area contributed by atoms with Crippen molar-refractivity contribution in [2.75, 3.05) is 0 Å². The molecule has 1 aromatic rings. The molecule has 1 atom stereocenters. The van der Waals surface area contributed by atoms with Gasteiger partial charge >= 0.3 is 7.12 Å². The summed E-state index contributed by atoms with van der Waals surface area (Å²) in [6.45, 7) is 12.1. The van der Waals surface area contributed by atoms with Gasteiger partial charge < -0.3 is 15.0 Å². The zero-order chi connectivity index (χ0) is 15.8. The van der Waals surface area contributed by atoms with E-state index in [1.165, 1.54) is 0 Å². The Labute approximate surface area is 127 Å². The van der Waals surface area contributed by atoms with E-state index in [0.29, 0.717) is 0 Å². The number of aromatic nitrogens is 1. The molecule has 114 valence electrons. The first-order valence-corrected chi connectivity index (χ1v) is 7.38. The van der Waals surface area contributed by atoms with Gasteiger partial charge in [0.05, 0.1) is 16.9 Å². The molecule has 1 saturated heterocycles. The lowest BCUT2D eigenvalue weighted by Gasteiger charge is -2.32. The molecule has 2 N–H and O–H groups in total. The number of aryl methyl sites for hydroxylation is 1. The molecule has 1 fully saturated rings. The maximum Gasteiger partial charge on any atom is 0.487 e. The molecule has 1 aliphatic heterocycles. The maximum atomic E-state index is 5.98. The van der Waals surface area contributed by atoms with Crippen LogP contribution in [0, 0.1) is 6.92 Å². The molecule has 4 nitrogen and oxygen atoms in total. The molecular formula is C16H25BN2O2. The molecule has 21 heavy (non-hydrogen) atoms. The molecule has 1 aliphatic rings. The van der Waals surface area contributed by atoms with Crippen molar-refractivity contribution < 1.29 is 9.31 Å². The Morgan fingerprint density at radius 3 is 2.33 bits per heavy atom. The lowest BCUT2D eigenvalue weighted by Crippen LogP contribution is -2.41. The van der Waals surface area contributed by atoms with Gasteiger partial charge in [0.15, 0.2) is 0 Å². The van der Waals surface area contributed by atoms with Crippen LogP contribution >= 0.6 is 0 Å². The highest BCUT2D eigenvalue weighted by Crippen LogP contribution is 2.37. The predicted octanol–water partition coefficient (Wildman–Crippen LogP) is 3.05. The van der Waals surface area contributed by atoms with Crippen LogP contribution in [0.25, 0.3) is 6.08 Å². The van der Waals surface area contributed by atoms with Crippen LogP contribution in [0.2, 0.25) is 0 Å². The largest absolute Gasteiger partial charge is 0.487 e. The van der Waals surface area contributed by atoms with E-state index in [9.17, 15) is 0 Å². The number of hydrogen-bond donors (Lipinski definition) is 1. The molecule has 0 bridgehead atoms. The third kappa shape index (κ3) is 3.36. The molecule has 0 amide bonds. The second kappa shape index (κ2) is 5.56. The Kier molecular flexibility index (Phi) is 4.29. The van der Waals surface area contributed by atoms with Crippen molar-refractivity contribution >= 4 is 13.2 Å². The first-order valence-electron chi connectivity index (χ1n) is 7.38. The van der Waals surface area contributed by atoms with E-state index in [4.69, 9.17) is 15.0 Å². The summed E-state index contributed by atoms with van der Waals surface area (Å²) in [4.78, 5) is 4.42. The van der Waals surface area contributed by atoms with Crippen LogP contribution in [0.3, 0.4) is 0 Å². The molecule has 0 radical (unpaired) electrons. The fourth-order valence-electron chi connectivity index (χ4n) is 2.27. The predicted molar refractivity (Wildman–Crippen MR) is 86.7 cm³/mol. The second-order valence-electron chi connectivity index (χ2n) is 6.76. The minimum atomic E-state index is -0.351. The summed E-state index contributed by atoms with van der Waals surface area (Å²) in [6.07, 6.45) is 3.83. The fraction of sp³-hybridized carbons (Fsp3) is 0.562. The first kappa shape index (κ1) is 16.2. The highest BCUT2D eigenvalue weighted by atomic mass is 16.7. The monoisotopic (exact) mass is 288 g/mol. The molecule has 0 spiro atoms. The van der Waals surface area contributed by atoms with Gasteiger partial charge in [0.2, 0.25) is 0 Å². The van der Waals surface area contributed by atoms with E-state index in [-0.39, 0.29) is 24.4 Å². The Bertz CT molecular complexity index is 537. The number of hydrogen-bond acceptors (Lipinski definition) is 4. The third-order valence-electron chi connectivity index (χ3n) is 4.22. The molecule has 1 unspecified atom stereocenters. The SMILES string of the molecule is Cc1cnc(C(C)N)c(/C=C/B2OC(C)(C)C(C)(C)O2)c1. The van der Waals surface area contributed by atoms with Crippen LogP contribution in [-0.2, 0) is 9.31 Å². The maximum absolute atomic E-state index is 5.98. The Morgan fingerprint density at radius 2 is 1.81 bits per heavy atom. The summed E-state index contributed by atoms with van der Waals surface area (Å²) in [5.74, 6) is 1.93. The van der Waals surface area contributed by atoms with Crippen molar-refractivity contribution in [1.82, 2.24) is 4.98 Å². The van der Waals surface area contributed by atoms with Crippen molar-refractivity contribution in [2.45, 2.75) is 58.8 Å². The van der Waals surface area contributed by atoms with E-state index in [1.54, 1.807) is 0 Å². The standard InChI is InChI=1S/C16H25BN2O2/c1-11-9-13(14(12(2)18)19-10-11)7-8-17-20-15(3,4)16(5,6)21-17/h7-10,12H,18H2,1-6H3/b8-7+. The lowest BCUT2D eigenvalue weighted by molar-refractivity contribution is 0.00578. The first-order chi connectivity index (χ1) is 9.62. The molecule has 0 aliphatic carbocycles. The molecule has 0 aromatic carbocycles.